The first-order chi connectivity index (χ1) is 10.3. The van der Waals surface area contributed by atoms with Gasteiger partial charge in [0.15, 0.2) is 5.69 Å². The van der Waals surface area contributed by atoms with Gasteiger partial charge >= 0.3 is 5.97 Å². The maximum absolute atomic E-state index is 12.0. The summed E-state index contributed by atoms with van der Waals surface area (Å²) < 4.78 is 6.59. The van der Waals surface area contributed by atoms with Crippen molar-refractivity contribution in [1.82, 2.24) is 10.2 Å². The summed E-state index contributed by atoms with van der Waals surface area (Å²) in [7, 11) is 0. The molecule has 1 aromatic carbocycles. The van der Waals surface area contributed by atoms with Gasteiger partial charge in [0.25, 0.3) is 0 Å². The molecule has 21 heavy (non-hydrogen) atoms. The zero-order valence-corrected chi connectivity index (χ0v) is 12.2. The molecule has 1 aliphatic rings. The van der Waals surface area contributed by atoms with E-state index in [2.05, 4.69) is 22.3 Å². The van der Waals surface area contributed by atoms with Crippen molar-refractivity contribution >= 4 is 27.4 Å². The Morgan fingerprint density at radius 1 is 1.38 bits per heavy atom. The summed E-state index contributed by atoms with van der Waals surface area (Å²) in [5.74, 6) is 0.188. The number of hydrogen-bond donors (Lipinski definition) is 1. The first-order valence-corrected chi connectivity index (χ1v) is 7.87. The van der Waals surface area contributed by atoms with Gasteiger partial charge in [0.05, 0.1) is 0 Å². The molecule has 0 radical (unpaired) electrons. The molecule has 106 valence electrons. The number of aromatic nitrogens is 2. The Balaban J connectivity index is 1.46. The number of ether oxygens (including phenoxy) is 1. The van der Waals surface area contributed by atoms with Crippen LogP contribution in [-0.4, -0.2) is 16.2 Å². The van der Waals surface area contributed by atoms with E-state index in [-0.39, 0.29) is 12.6 Å². The molecule has 2 aromatic heterocycles. The van der Waals surface area contributed by atoms with Gasteiger partial charge in [-0.2, -0.15) is 5.10 Å². The summed E-state index contributed by atoms with van der Waals surface area (Å²) in [6.45, 7) is 0.286. The molecule has 2 heterocycles. The first kappa shape index (κ1) is 12.6. The van der Waals surface area contributed by atoms with Gasteiger partial charge in [-0.3, -0.25) is 5.10 Å². The molecule has 0 saturated heterocycles. The maximum atomic E-state index is 12.0. The van der Waals surface area contributed by atoms with Crippen LogP contribution in [0.2, 0.25) is 0 Å². The Morgan fingerprint density at radius 2 is 2.24 bits per heavy atom. The molecule has 0 amide bonds. The van der Waals surface area contributed by atoms with Gasteiger partial charge in [-0.1, -0.05) is 18.2 Å². The highest BCUT2D eigenvalue weighted by molar-refractivity contribution is 7.17. The second-order valence-electron chi connectivity index (χ2n) is 5.32. The molecule has 1 saturated carbocycles. The normalized spacial score (nSPS) is 14.5. The van der Waals surface area contributed by atoms with E-state index in [1.807, 2.05) is 23.6 Å². The molecule has 0 atom stereocenters. The van der Waals surface area contributed by atoms with Crippen molar-refractivity contribution in [3.63, 3.8) is 0 Å². The van der Waals surface area contributed by atoms with Crippen LogP contribution < -0.4 is 0 Å². The molecule has 4 rings (SSSR count). The van der Waals surface area contributed by atoms with Crippen LogP contribution in [0.3, 0.4) is 0 Å². The molecule has 1 aliphatic carbocycles. The third-order valence-electron chi connectivity index (χ3n) is 3.74. The molecular weight excluding hydrogens is 284 g/mol. The van der Waals surface area contributed by atoms with Crippen molar-refractivity contribution < 1.29 is 9.53 Å². The second kappa shape index (κ2) is 5.00. The summed E-state index contributed by atoms with van der Waals surface area (Å²) in [4.78, 5) is 12.0. The summed E-state index contributed by atoms with van der Waals surface area (Å²) in [5.41, 5.74) is 2.46. The third-order valence-corrected chi connectivity index (χ3v) is 4.76. The van der Waals surface area contributed by atoms with Gasteiger partial charge in [0.1, 0.15) is 6.61 Å². The molecule has 0 unspecified atom stereocenters. The predicted octanol–water partition coefficient (Wildman–Crippen LogP) is 3.86. The second-order valence-corrected chi connectivity index (χ2v) is 6.23. The number of aromatic amines is 1. The molecule has 3 aromatic rings. The highest BCUT2D eigenvalue weighted by Gasteiger charge is 2.26. The number of H-pyrrole nitrogens is 1. The van der Waals surface area contributed by atoms with E-state index >= 15 is 0 Å². The molecule has 4 nitrogen and oxygen atoms in total. The average Bonchev–Trinajstić information content (AvgIpc) is 3.11. The van der Waals surface area contributed by atoms with E-state index in [1.54, 1.807) is 11.3 Å². The van der Waals surface area contributed by atoms with E-state index < -0.39 is 0 Å². The van der Waals surface area contributed by atoms with Crippen molar-refractivity contribution in [2.45, 2.75) is 25.4 Å². The Labute approximate surface area is 125 Å². The lowest BCUT2D eigenvalue weighted by Crippen LogP contribution is -2.05. The van der Waals surface area contributed by atoms with Gasteiger partial charge in [-0.15, -0.1) is 11.3 Å². The summed E-state index contributed by atoms with van der Waals surface area (Å²) in [5, 5.41) is 10.2. The largest absolute Gasteiger partial charge is 0.456 e. The maximum Gasteiger partial charge on any atom is 0.359 e. The summed E-state index contributed by atoms with van der Waals surface area (Å²) in [6.07, 6.45) is 2.36. The van der Waals surface area contributed by atoms with Crippen LogP contribution in [0.25, 0.3) is 10.1 Å². The minimum Gasteiger partial charge on any atom is -0.456 e. The van der Waals surface area contributed by atoms with Crippen molar-refractivity contribution in [3.05, 3.63) is 52.7 Å². The molecule has 1 N–H and O–H groups in total. The van der Waals surface area contributed by atoms with Gasteiger partial charge in [-0.25, -0.2) is 4.79 Å². The number of carbonyl (C=O) groups is 1. The topological polar surface area (TPSA) is 55.0 Å². The van der Waals surface area contributed by atoms with E-state index in [1.165, 1.54) is 17.5 Å². The van der Waals surface area contributed by atoms with Crippen LogP contribution in [0.4, 0.5) is 0 Å². The van der Waals surface area contributed by atoms with E-state index in [0.29, 0.717) is 11.6 Å². The number of carbonyl (C=O) groups excluding carboxylic acids is 1. The number of rotatable bonds is 4. The van der Waals surface area contributed by atoms with Crippen LogP contribution >= 0.6 is 11.3 Å². The Kier molecular flexibility index (Phi) is 3.00. The molecule has 0 aliphatic heterocycles. The predicted molar refractivity (Wildman–Crippen MR) is 81.5 cm³/mol. The molecule has 5 heteroatoms. The first-order valence-electron chi connectivity index (χ1n) is 6.99. The summed E-state index contributed by atoms with van der Waals surface area (Å²) >= 11 is 1.66. The molecule has 0 spiro atoms. The van der Waals surface area contributed by atoms with E-state index in [0.717, 1.165) is 16.6 Å². The smallest absolute Gasteiger partial charge is 0.359 e. The van der Waals surface area contributed by atoms with Gasteiger partial charge < -0.3 is 4.74 Å². The number of esters is 1. The van der Waals surface area contributed by atoms with Crippen LogP contribution in [0.1, 0.15) is 40.5 Å². The minimum atomic E-state index is -0.367. The zero-order chi connectivity index (χ0) is 14.2. The number of benzene rings is 1. The summed E-state index contributed by atoms with van der Waals surface area (Å²) in [6, 6.07) is 9.94. The van der Waals surface area contributed by atoms with Gasteiger partial charge in [0, 0.05) is 21.9 Å². The SMILES string of the molecule is O=C(OCc1csc2ccccc12)c1cc(C2CC2)[nH]n1. The number of fused-ring (bicyclic) bond motifs is 1. The molecule has 0 bridgehead atoms. The van der Waals surface area contributed by atoms with Crippen LogP contribution in [0, 0.1) is 0 Å². The van der Waals surface area contributed by atoms with Crippen molar-refractivity contribution in [2.75, 3.05) is 0 Å². The third kappa shape index (κ3) is 2.45. The fraction of sp³-hybridized carbons (Fsp3) is 0.250. The van der Waals surface area contributed by atoms with Crippen molar-refractivity contribution in [2.24, 2.45) is 0 Å². The minimum absolute atomic E-state index is 0.286. The molecular formula is C16H14N2O2S. The Morgan fingerprint density at radius 3 is 3.10 bits per heavy atom. The average molecular weight is 298 g/mol. The number of nitrogens with one attached hydrogen (secondary N) is 1. The monoisotopic (exact) mass is 298 g/mol. The lowest BCUT2D eigenvalue weighted by atomic mass is 10.2. The number of nitrogens with zero attached hydrogens (tertiary/aromatic N) is 1. The van der Waals surface area contributed by atoms with Crippen molar-refractivity contribution in [1.29, 1.82) is 0 Å². The van der Waals surface area contributed by atoms with Gasteiger partial charge in [-0.05, 0) is 35.7 Å². The van der Waals surface area contributed by atoms with Crippen LogP contribution in [0.15, 0.2) is 35.7 Å². The Hall–Kier alpha value is -2.14. The number of hydrogen-bond acceptors (Lipinski definition) is 4. The number of thiophene rings is 1. The lowest BCUT2D eigenvalue weighted by molar-refractivity contribution is 0.0467. The quantitative estimate of drug-likeness (QED) is 0.744. The molecule has 1 fully saturated rings. The van der Waals surface area contributed by atoms with Crippen molar-refractivity contribution in [3.8, 4) is 0 Å². The van der Waals surface area contributed by atoms with Crippen LogP contribution in [0.5, 0.6) is 0 Å². The highest BCUT2D eigenvalue weighted by Crippen LogP contribution is 2.39. The van der Waals surface area contributed by atoms with Gasteiger partial charge in [0.2, 0.25) is 0 Å². The zero-order valence-electron chi connectivity index (χ0n) is 11.3. The fourth-order valence-corrected chi connectivity index (χ4v) is 3.35. The van der Waals surface area contributed by atoms with Crippen LogP contribution in [-0.2, 0) is 11.3 Å². The van der Waals surface area contributed by atoms with E-state index in [4.69, 9.17) is 4.74 Å². The van der Waals surface area contributed by atoms with E-state index in [9.17, 15) is 4.79 Å². The lowest BCUT2D eigenvalue weighted by Gasteiger charge is -2.01. The fourth-order valence-electron chi connectivity index (χ4n) is 2.41. The Bertz CT molecular complexity index is 801. The standard InChI is InChI=1S/C16H14N2O2S/c19-16(14-7-13(17-18-14)10-5-6-10)20-8-11-9-21-15-4-2-1-3-12(11)15/h1-4,7,9-10H,5-6,8H2,(H,17,18). The highest BCUT2D eigenvalue weighted by atomic mass is 32.1.